The molecule has 0 bridgehead atoms. The molecule has 156 valence electrons. The van der Waals surface area contributed by atoms with Gasteiger partial charge in [0.15, 0.2) is 16.8 Å². The molecule has 2 aromatic carbocycles. The van der Waals surface area contributed by atoms with Crippen molar-refractivity contribution in [3.63, 3.8) is 0 Å². The van der Waals surface area contributed by atoms with Crippen LogP contribution >= 0.6 is 11.8 Å². The van der Waals surface area contributed by atoms with Gasteiger partial charge in [0.1, 0.15) is 5.82 Å². The van der Waals surface area contributed by atoms with Gasteiger partial charge in [-0.15, -0.1) is 10.2 Å². The first-order valence-electron chi connectivity index (χ1n) is 10.3. The van der Waals surface area contributed by atoms with Gasteiger partial charge in [0, 0.05) is 23.4 Å². The van der Waals surface area contributed by atoms with E-state index in [1.165, 1.54) is 25.0 Å². The van der Waals surface area contributed by atoms with Crippen LogP contribution in [0.15, 0.2) is 59.8 Å². The Hall–Kier alpha value is -2.51. The fraction of sp³-hybridized carbons (Fsp3) is 0.348. The zero-order chi connectivity index (χ0) is 20.8. The van der Waals surface area contributed by atoms with Crippen LogP contribution in [0.2, 0.25) is 0 Å². The number of aromatic nitrogens is 3. The summed E-state index contributed by atoms with van der Waals surface area (Å²) in [6, 6.07) is 15.9. The molecule has 7 heteroatoms. The summed E-state index contributed by atoms with van der Waals surface area (Å²) in [5.74, 6) is 1.43. The number of ketones is 1. The summed E-state index contributed by atoms with van der Waals surface area (Å²) < 4.78 is 15.1. The average molecular weight is 425 g/mol. The standard InChI is InChI=1S/C23H25FN4OS/c24-19-12-10-18(11-13-19)21(29)9-6-16-30-23-26-25-22(17-27-14-4-5-15-27)28(23)20-7-2-1-3-8-20/h1-3,7-8,10-13H,4-6,9,14-17H2. The van der Waals surface area contributed by atoms with E-state index in [0.717, 1.165) is 48.5 Å². The molecular weight excluding hydrogens is 399 g/mol. The van der Waals surface area contributed by atoms with Crippen molar-refractivity contribution in [1.29, 1.82) is 0 Å². The third-order valence-corrected chi connectivity index (χ3v) is 6.24. The molecule has 0 N–H and O–H groups in total. The fourth-order valence-corrected chi connectivity index (χ4v) is 4.56. The van der Waals surface area contributed by atoms with Crippen LogP contribution in [0.25, 0.3) is 5.69 Å². The Kier molecular flexibility index (Phi) is 6.92. The number of hydrogen-bond donors (Lipinski definition) is 0. The maximum atomic E-state index is 13.0. The number of thioether (sulfide) groups is 1. The van der Waals surface area contributed by atoms with E-state index in [1.54, 1.807) is 23.9 Å². The molecule has 0 atom stereocenters. The van der Waals surface area contributed by atoms with Crippen molar-refractivity contribution in [1.82, 2.24) is 19.7 Å². The minimum absolute atomic E-state index is 0.0369. The number of hydrogen-bond acceptors (Lipinski definition) is 5. The van der Waals surface area contributed by atoms with E-state index in [-0.39, 0.29) is 11.6 Å². The van der Waals surface area contributed by atoms with E-state index < -0.39 is 0 Å². The SMILES string of the molecule is O=C(CCCSc1nnc(CN2CCCC2)n1-c1ccccc1)c1ccc(F)cc1. The molecule has 0 saturated carbocycles. The Labute approximate surface area is 180 Å². The molecule has 3 aromatic rings. The summed E-state index contributed by atoms with van der Waals surface area (Å²) in [5, 5.41) is 9.77. The number of benzene rings is 2. The van der Waals surface area contributed by atoms with Gasteiger partial charge in [-0.05, 0) is 68.8 Å². The first kappa shape index (κ1) is 20.8. The number of halogens is 1. The van der Waals surface area contributed by atoms with Gasteiger partial charge in [0.05, 0.1) is 6.54 Å². The third-order valence-electron chi connectivity index (χ3n) is 5.22. The van der Waals surface area contributed by atoms with Gasteiger partial charge in [-0.25, -0.2) is 4.39 Å². The molecule has 0 unspecified atom stereocenters. The van der Waals surface area contributed by atoms with Gasteiger partial charge in [-0.3, -0.25) is 14.3 Å². The zero-order valence-corrected chi connectivity index (χ0v) is 17.7. The minimum Gasteiger partial charge on any atom is -0.296 e. The second-order valence-electron chi connectivity index (χ2n) is 7.44. The molecule has 1 aliphatic heterocycles. The Morgan fingerprint density at radius 2 is 1.73 bits per heavy atom. The molecule has 2 heterocycles. The highest BCUT2D eigenvalue weighted by molar-refractivity contribution is 7.99. The summed E-state index contributed by atoms with van der Waals surface area (Å²) in [4.78, 5) is 14.7. The summed E-state index contributed by atoms with van der Waals surface area (Å²) >= 11 is 1.62. The average Bonchev–Trinajstić information content (AvgIpc) is 3.42. The topological polar surface area (TPSA) is 51.0 Å². The molecule has 0 spiro atoms. The Morgan fingerprint density at radius 3 is 2.47 bits per heavy atom. The van der Waals surface area contributed by atoms with Gasteiger partial charge in [-0.2, -0.15) is 0 Å². The molecule has 4 rings (SSSR count). The highest BCUT2D eigenvalue weighted by Crippen LogP contribution is 2.24. The lowest BCUT2D eigenvalue weighted by atomic mass is 10.1. The highest BCUT2D eigenvalue weighted by Gasteiger charge is 2.19. The smallest absolute Gasteiger partial charge is 0.195 e. The van der Waals surface area contributed by atoms with Crippen LogP contribution in [0, 0.1) is 5.82 Å². The summed E-state index contributed by atoms with van der Waals surface area (Å²) in [6.45, 7) is 3.01. The van der Waals surface area contributed by atoms with Gasteiger partial charge in [0.25, 0.3) is 0 Å². The van der Waals surface area contributed by atoms with Crippen molar-refractivity contribution in [2.45, 2.75) is 37.4 Å². The van der Waals surface area contributed by atoms with Gasteiger partial charge < -0.3 is 0 Å². The van der Waals surface area contributed by atoms with E-state index in [0.29, 0.717) is 12.0 Å². The molecule has 1 aromatic heterocycles. The quantitative estimate of drug-likeness (QED) is 0.282. The van der Waals surface area contributed by atoms with Crippen molar-refractivity contribution in [3.8, 4) is 5.69 Å². The van der Waals surface area contributed by atoms with E-state index >= 15 is 0 Å². The normalized spacial score (nSPS) is 14.3. The maximum absolute atomic E-state index is 13.0. The molecule has 0 aliphatic carbocycles. The molecule has 0 amide bonds. The Bertz CT molecular complexity index is 969. The van der Waals surface area contributed by atoms with E-state index in [2.05, 4.69) is 31.8 Å². The van der Waals surface area contributed by atoms with Crippen LogP contribution in [0.5, 0.6) is 0 Å². The largest absolute Gasteiger partial charge is 0.296 e. The first-order valence-corrected chi connectivity index (χ1v) is 11.3. The van der Waals surface area contributed by atoms with Crippen molar-refractivity contribution in [2.75, 3.05) is 18.8 Å². The van der Waals surface area contributed by atoms with Crippen LogP contribution < -0.4 is 0 Å². The lowest BCUT2D eigenvalue weighted by Gasteiger charge is -2.15. The lowest BCUT2D eigenvalue weighted by Crippen LogP contribution is -2.21. The number of likely N-dealkylation sites (tertiary alicyclic amines) is 1. The van der Waals surface area contributed by atoms with Crippen LogP contribution in [-0.4, -0.2) is 44.3 Å². The van der Waals surface area contributed by atoms with Gasteiger partial charge >= 0.3 is 0 Å². The molecule has 30 heavy (non-hydrogen) atoms. The third kappa shape index (κ3) is 5.15. The molecule has 1 aliphatic rings. The van der Waals surface area contributed by atoms with Gasteiger partial charge in [-0.1, -0.05) is 30.0 Å². The van der Waals surface area contributed by atoms with Crippen molar-refractivity contribution in [2.24, 2.45) is 0 Å². The molecular formula is C23H25FN4OS. The van der Waals surface area contributed by atoms with E-state index in [9.17, 15) is 9.18 Å². The molecule has 1 saturated heterocycles. The molecule has 1 fully saturated rings. The van der Waals surface area contributed by atoms with Crippen LogP contribution in [0.1, 0.15) is 41.9 Å². The number of carbonyl (C=O) groups is 1. The maximum Gasteiger partial charge on any atom is 0.195 e. The van der Waals surface area contributed by atoms with Crippen LogP contribution in [0.4, 0.5) is 4.39 Å². The van der Waals surface area contributed by atoms with E-state index in [4.69, 9.17) is 0 Å². The predicted octanol–water partition coefficient (Wildman–Crippen LogP) is 4.76. The van der Waals surface area contributed by atoms with Crippen LogP contribution in [0.3, 0.4) is 0 Å². The van der Waals surface area contributed by atoms with Crippen molar-refractivity contribution < 1.29 is 9.18 Å². The second-order valence-corrected chi connectivity index (χ2v) is 8.50. The predicted molar refractivity (Wildman–Crippen MR) is 117 cm³/mol. The minimum atomic E-state index is -0.327. The first-order chi connectivity index (χ1) is 14.7. The number of rotatable bonds is 9. The Morgan fingerprint density at radius 1 is 1.00 bits per heavy atom. The van der Waals surface area contributed by atoms with Crippen molar-refractivity contribution in [3.05, 3.63) is 71.8 Å². The molecule has 5 nitrogen and oxygen atoms in total. The zero-order valence-electron chi connectivity index (χ0n) is 16.8. The van der Waals surface area contributed by atoms with Crippen LogP contribution in [-0.2, 0) is 6.54 Å². The highest BCUT2D eigenvalue weighted by atomic mass is 32.2. The lowest BCUT2D eigenvalue weighted by molar-refractivity contribution is 0.0982. The van der Waals surface area contributed by atoms with E-state index in [1.807, 2.05) is 18.2 Å². The van der Waals surface area contributed by atoms with Crippen molar-refractivity contribution >= 4 is 17.5 Å². The Balaban J connectivity index is 1.40. The number of Topliss-reactive ketones (excluding diaryl/α,β-unsaturated/α-hetero) is 1. The monoisotopic (exact) mass is 424 g/mol. The summed E-state index contributed by atoms with van der Waals surface area (Å²) in [6.07, 6.45) is 3.63. The fourth-order valence-electron chi connectivity index (χ4n) is 3.65. The van der Waals surface area contributed by atoms with Gasteiger partial charge in [0.2, 0.25) is 0 Å². The number of carbonyl (C=O) groups excluding carboxylic acids is 1. The number of nitrogens with zero attached hydrogens (tertiary/aromatic N) is 4. The second kappa shape index (κ2) is 10.00. The summed E-state index contributed by atoms with van der Waals surface area (Å²) in [5.41, 5.74) is 1.61. The summed E-state index contributed by atoms with van der Waals surface area (Å²) in [7, 11) is 0. The molecule has 0 radical (unpaired) electrons. The number of para-hydroxylation sites is 1.